The third kappa shape index (κ3) is 4.05. The average Bonchev–Trinajstić information content (AvgIpc) is 3.86. The van der Waals surface area contributed by atoms with E-state index in [4.69, 9.17) is 0 Å². The first-order valence-electron chi connectivity index (χ1n) is 13.4. The summed E-state index contributed by atoms with van der Waals surface area (Å²) < 4.78 is 28.8. The fourth-order valence-electron chi connectivity index (χ4n) is 6.38. The third-order valence-electron chi connectivity index (χ3n) is 8.64. The predicted octanol–water partition coefficient (Wildman–Crippen LogP) is 2.50. The van der Waals surface area contributed by atoms with Gasteiger partial charge in [0, 0.05) is 30.5 Å². The van der Waals surface area contributed by atoms with Crippen LogP contribution in [0, 0.1) is 34.8 Å². The second-order valence-corrected chi connectivity index (χ2v) is 11.0. The minimum atomic E-state index is -1.24. The summed E-state index contributed by atoms with van der Waals surface area (Å²) in [5.41, 5.74) is 1.24. The lowest BCUT2D eigenvalue weighted by atomic mass is 9.98. The van der Waals surface area contributed by atoms with E-state index in [1.807, 2.05) is 18.2 Å². The van der Waals surface area contributed by atoms with Gasteiger partial charge in [-0.15, -0.1) is 0 Å². The maximum atomic E-state index is 13.7. The van der Waals surface area contributed by atoms with Gasteiger partial charge in [0.25, 0.3) is 0 Å². The van der Waals surface area contributed by atoms with Gasteiger partial charge in [-0.2, -0.15) is 0 Å². The van der Waals surface area contributed by atoms with Gasteiger partial charge in [0.1, 0.15) is 6.10 Å². The Morgan fingerprint density at radius 3 is 2.66 bits per heavy atom. The molecule has 0 radical (unpaired) electrons. The number of anilines is 1. The smallest absolute Gasteiger partial charge is 0.229 e. The number of aliphatic hydroxyl groups excluding tert-OH is 2. The van der Waals surface area contributed by atoms with Crippen LogP contribution < -0.4 is 10.6 Å². The number of benzene rings is 2. The van der Waals surface area contributed by atoms with Gasteiger partial charge in [0.2, 0.25) is 11.7 Å². The Kier molecular flexibility index (Phi) is 5.81. The van der Waals surface area contributed by atoms with Crippen LogP contribution in [0.2, 0.25) is 0 Å². The molecule has 208 valence electrons. The van der Waals surface area contributed by atoms with Crippen LogP contribution in [0.5, 0.6) is 0 Å². The largest absolute Gasteiger partial charge is 0.389 e. The number of halogens is 2. The van der Waals surface area contributed by atoms with E-state index in [2.05, 4.69) is 49.6 Å². The van der Waals surface area contributed by atoms with E-state index in [-0.39, 0.29) is 29.3 Å². The number of carbonyl (C=O) groups is 1. The summed E-state index contributed by atoms with van der Waals surface area (Å²) in [5, 5.41) is 28.0. The molecular formula is C30H26F2N6O3. The number of nitrogens with zero attached hydrogens (tertiary/aromatic N) is 4. The zero-order chi connectivity index (χ0) is 28.5. The average molecular weight is 557 g/mol. The van der Waals surface area contributed by atoms with E-state index in [0.29, 0.717) is 29.3 Å². The molecule has 4 aromatic rings. The van der Waals surface area contributed by atoms with Crippen LogP contribution in [0.15, 0.2) is 54.9 Å². The molecule has 3 aliphatic rings. The first kappa shape index (κ1) is 25.6. The van der Waals surface area contributed by atoms with Crippen molar-refractivity contribution >= 4 is 22.9 Å². The molecule has 41 heavy (non-hydrogen) atoms. The Hall–Kier alpha value is -4.40. The number of fused-ring (bicyclic) bond motifs is 2. The topological polar surface area (TPSA) is 125 Å². The van der Waals surface area contributed by atoms with Crippen molar-refractivity contribution in [3.63, 3.8) is 0 Å². The van der Waals surface area contributed by atoms with Gasteiger partial charge in [-0.05, 0) is 42.5 Å². The lowest BCUT2D eigenvalue weighted by Crippen LogP contribution is -2.41. The highest BCUT2D eigenvalue weighted by Gasteiger charge is 2.75. The highest BCUT2D eigenvalue weighted by molar-refractivity contribution is 5.88. The molecule has 0 saturated heterocycles. The fourth-order valence-corrected chi connectivity index (χ4v) is 6.38. The summed E-state index contributed by atoms with van der Waals surface area (Å²) in [6.45, 7) is 0. The van der Waals surface area contributed by atoms with Crippen molar-refractivity contribution in [3.05, 3.63) is 83.4 Å². The Labute approximate surface area is 233 Å². The Morgan fingerprint density at radius 2 is 1.90 bits per heavy atom. The fraction of sp³-hybridized carbons (Fsp3) is 0.333. The Bertz CT molecular complexity index is 1750. The molecule has 3 aliphatic carbocycles. The lowest BCUT2D eigenvalue weighted by molar-refractivity contribution is -0.132. The molecule has 7 atom stereocenters. The normalized spacial score (nSPS) is 29.4. The maximum Gasteiger partial charge on any atom is 0.229 e. The molecule has 9 nitrogen and oxygen atoms in total. The molecule has 4 N–H and O–H groups in total. The Morgan fingerprint density at radius 1 is 1.10 bits per heavy atom. The number of aromatic nitrogens is 4. The SMILES string of the molecule is CNC(=O)C12CC1[C@@H](n1cnc3c(NC4C[C@H]4c4ccccc4)nc(C#Cc4ccc(F)c(F)c4)nc31)[C@H](O)[C@@H]2O. The zero-order valence-electron chi connectivity index (χ0n) is 21.9. The van der Waals surface area contributed by atoms with Gasteiger partial charge in [-0.1, -0.05) is 36.3 Å². The van der Waals surface area contributed by atoms with Crippen LogP contribution >= 0.6 is 0 Å². The molecule has 0 aliphatic heterocycles. The molecule has 2 aromatic heterocycles. The summed E-state index contributed by atoms with van der Waals surface area (Å²) in [7, 11) is 1.51. The number of carbonyl (C=O) groups excluding carboxylic acids is 1. The van der Waals surface area contributed by atoms with Gasteiger partial charge in [-0.3, -0.25) is 4.79 Å². The van der Waals surface area contributed by atoms with E-state index < -0.39 is 35.3 Å². The van der Waals surface area contributed by atoms with E-state index in [9.17, 15) is 23.8 Å². The van der Waals surface area contributed by atoms with E-state index in [1.165, 1.54) is 25.0 Å². The molecule has 0 spiro atoms. The molecule has 3 saturated carbocycles. The number of nitrogens with one attached hydrogen (secondary N) is 2. The van der Waals surface area contributed by atoms with Crippen molar-refractivity contribution in [2.24, 2.45) is 11.3 Å². The molecule has 1 amide bonds. The van der Waals surface area contributed by atoms with E-state index in [0.717, 1.165) is 18.6 Å². The van der Waals surface area contributed by atoms with Crippen LogP contribution in [0.1, 0.15) is 41.8 Å². The van der Waals surface area contributed by atoms with Crippen molar-refractivity contribution in [3.8, 4) is 11.8 Å². The van der Waals surface area contributed by atoms with Gasteiger partial charge in [-0.25, -0.2) is 23.7 Å². The Balaban J connectivity index is 1.28. The van der Waals surface area contributed by atoms with Gasteiger partial charge >= 0.3 is 0 Å². The summed E-state index contributed by atoms with van der Waals surface area (Å²) in [4.78, 5) is 26.4. The van der Waals surface area contributed by atoms with Crippen molar-refractivity contribution in [2.75, 3.05) is 12.4 Å². The number of hydrogen-bond donors (Lipinski definition) is 4. The molecule has 3 unspecified atom stereocenters. The first-order valence-corrected chi connectivity index (χ1v) is 13.4. The standard InChI is InChI=1S/C30H26F2N6O3/c1-33-29(41)30-13-18(30)24(25(39)26(30)40)38-14-34-23-27(35-21-12-17(21)16-5-3-2-4-6-16)36-22(37-28(23)38)10-8-15-7-9-19(31)20(32)11-15/h2-7,9,11,14,17-18,21,24-26,39-40H,12-13H2,1H3,(H,33,41)(H,35,36,37)/t17-,18?,21?,24+,25-,26-,30?/m0/s1. The minimum Gasteiger partial charge on any atom is -0.389 e. The van der Waals surface area contributed by atoms with Crippen LogP contribution in [0.4, 0.5) is 14.6 Å². The van der Waals surface area contributed by atoms with Gasteiger partial charge < -0.3 is 25.4 Å². The van der Waals surface area contributed by atoms with Crippen LogP contribution in [0.25, 0.3) is 11.2 Å². The predicted molar refractivity (Wildman–Crippen MR) is 145 cm³/mol. The third-order valence-corrected chi connectivity index (χ3v) is 8.64. The van der Waals surface area contributed by atoms with E-state index in [1.54, 1.807) is 4.57 Å². The molecule has 11 heteroatoms. The van der Waals surface area contributed by atoms with Crippen molar-refractivity contribution in [1.29, 1.82) is 0 Å². The molecular weight excluding hydrogens is 530 g/mol. The number of hydrogen-bond acceptors (Lipinski definition) is 7. The first-order chi connectivity index (χ1) is 19.8. The molecule has 7 rings (SSSR count). The van der Waals surface area contributed by atoms with Gasteiger partial charge in [0.15, 0.2) is 28.6 Å². The van der Waals surface area contributed by atoms with Crippen molar-refractivity contribution < 1.29 is 23.8 Å². The summed E-state index contributed by atoms with van der Waals surface area (Å²) in [6.07, 6.45) is 0.417. The molecule has 0 bridgehead atoms. The molecule has 2 aromatic carbocycles. The second kappa shape index (κ2) is 9.33. The summed E-state index contributed by atoms with van der Waals surface area (Å²) in [6, 6.07) is 13.0. The van der Waals surface area contributed by atoms with E-state index >= 15 is 0 Å². The molecule has 3 fully saturated rings. The minimum absolute atomic E-state index is 0.107. The molecule has 2 heterocycles. The number of amides is 1. The number of imidazole rings is 1. The van der Waals surface area contributed by atoms with Crippen molar-refractivity contribution in [2.45, 2.75) is 43.1 Å². The lowest BCUT2D eigenvalue weighted by Gasteiger charge is -2.23. The second-order valence-electron chi connectivity index (χ2n) is 11.0. The summed E-state index contributed by atoms with van der Waals surface area (Å²) >= 11 is 0. The quantitative estimate of drug-likeness (QED) is 0.279. The van der Waals surface area contributed by atoms with Crippen LogP contribution in [0.3, 0.4) is 0 Å². The van der Waals surface area contributed by atoms with Crippen LogP contribution in [-0.2, 0) is 4.79 Å². The number of aliphatic hydroxyl groups is 2. The maximum absolute atomic E-state index is 13.7. The van der Waals surface area contributed by atoms with Crippen LogP contribution in [-0.4, -0.2) is 60.9 Å². The monoisotopic (exact) mass is 556 g/mol. The number of rotatable bonds is 5. The van der Waals surface area contributed by atoms with Gasteiger partial charge in [0.05, 0.1) is 23.9 Å². The zero-order valence-corrected chi connectivity index (χ0v) is 21.9. The van der Waals surface area contributed by atoms with Crippen molar-refractivity contribution in [1.82, 2.24) is 24.8 Å². The highest BCUT2D eigenvalue weighted by atomic mass is 19.2. The highest BCUT2D eigenvalue weighted by Crippen LogP contribution is 2.67. The summed E-state index contributed by atoms with van der Waals surface area (Å²) in [5.74, 6) is 3.90.